The van der Waals surface area contributed by atoms with Crippen molar-refractivity contribution in [1.29, 1.82) is 0 Å². The van der Waals surface area contributed by atoms with Gasteiger partial charge < -0.3 is 5.32 Å². The molecule has 92 valence electrons. The zero-order valence-corrected chi connectivity index (χ0v) is 11.1. The van der Waals surface area contributed by atoms with Gasteiger partial charge in [-0.25, -0.2) is 4.39 Å². The highest BCUT2D eigenvalue weighted by atomic mass is 79.9. The van der Waals surface area contributed by atoms with Crippen molar-refractivity contribution in [3.8, 4) is 0 Å². The molecular formula is C13H15BrFNO. The van der Waals surface area contributed by atoms with E-state index in [-0.39, 0.29) is 11.6 Å². The maximum absolute atomic E-state index is 13.1. The molecule has 2 nitrogen and oxygen atoms in total. The summed E-state index contributed by atoms with van der Waals surface area (Å²) in [5, 5.41) is 3.24. The van der Waals surface area contributed by atoms with E-state index in [4.69, 9.17) is 0 Å². The SMILES string of the molecule is O=C(Cc1cc(F)cc(Br)c1)CC1CCNC1. The standard InChI is InChI=1S/C13H15BrFNO/c14-11-3-10(4-12(15)7-11)6-13(17)5-9-1-2-16-8-9/h3-4,7,9,16H,1-2,5-6,8H2. The summed E-state index contributed by atoms with van der Waals surface area (Å²) in [5.74, 6) is 0.348. The normalized spacial score (nSPS) is 19.5. The largest absolute Gasteiger partial charge is 0.316 e. The van der Waals surface area contributed by atoms with E-state index in [0.29, 0.717) is 23.2 Å². The van der Waals surface area contributed by atoms with Crippen LogP contribution in [-0.4, -0.2) is 18.9 Å². The second-order valence-corrected chi connectivity index (χ2v) is 5.47. The van der Waals surface area contributed by atoms with Crippen LogP contribution >= 0.6 is 15.9 Å². The van der Waals surface area contributed by atoms with E-state index in [2.05, 4.69) is 21.2 Å². The highest BCUT2D eigenvalue weighted by molar-refractivity contribution is 9.10. The average Bonchev–Trinajstić information content (AvgIpc) is 2.67. The average molecular weight is 300 g/mol. The predicted molar refractivity (Wildman–Crippen MR) is 68.4 cm³/mol. The van der Waals surface area contributed by atoms with Gasteiger partial charge in [0.05, 0.1) is 0 Å². The molecule has 2 rings (SSSR count). The van der Waals surface area contributed by atoms with E-state index in [1.54, 1.807) is 6.07 Å². The molecule has 1 fully saturated rings. The minimum absolute atomic E-state index is 0.191. The summed E-state index contributed by atoms with van der Waals surface area (Å²) in [5.41, 5.74) is 0.743. The van der Waals surface area contributed by atoms with Crippen LogP contribution in [0.4, 0.5) is 4.39 Å². The summed E-state index contributed by atoms with van der Waals surface area (Å²) in [7, 11) is 0. The number of nitrogens with one attached hydrogen (secondary N) is 1. The monoisotopic (exact) mass is 299 g/mol. The Morgan fingerprint density at radius 3 is 2.94 bits per heavy atom. The van der Waals surface area contributed by atoms with Gasteiger partial charge in [0, 0.05) is 17.3 Å². The molecule has 0 spiro atoms. The minimum atomic E-state index is -0.301. The van der Waals surface area contributed by atoms with Crippen molar-refractivity contribution in [1.82, 2.24) is 5.32 Å². The number of rotatable bonds is 4. The lowest BCUT2D eigenvalue weighted by molar-refractivity contribution is -0.119. The summed E-state index contributed by atoms with van der Waals surface area (Å²) >= 11 is 3.23. The third-order valence-corrected chi connectivity index (χ3v) is 3.46. The van der Waals surface area contributed by atoms with Crippen LogP contribution in [0.1, 0.15) is 18.4 Å². The van der Waals surface area contributed by atoms with Gasteiger partial charge in [0.15, 0.2) is 0 Å². The van der Waals surface area contributed by atoms with Crippen molar-refractivity contribution < 1.29 is 9.18 Å². The van der Waals surface area contributed by atoms with Crippen LogP contribution in [0.3, 0.4) is 0 Å². The van der Waals surface area contributed by atoms with Crippen LogP contribution < -0.4 is 5.32 Å². The third kappa shape index (κ3) is 3.89. The molecule has 4 heteroatoms. The molecule has 0 bridgehead atoms. The quantitative estimate of drug-likeness (QED) is 0.926. The Balaban J connectivity index is 1.92. The molecule has 1 N–H and O–H groups in total. The zero-order valence-electron chi connectivity index (χ0n) is 9.51. The van der Waals surface area contributed by atoms with E-state index < -0.39 is 0 Å². The molecule has 1 aliphatic heterocycles. The second kappa shape index (κ2) is 5.74. The molecule has 0 saturated carbocycles. The minimum Gasteiger partial charge on any atom is -0.316 e. The van der Waals surface area contributed by atoms with Crippen molar-refractivity contribution >= 4 is 21.7 Å². The van der Waals surface area contributed by atoms with Crippen LogP contribution in [0.5, 0.6) is 0 Å². The molecule has 1 atom stereocenters. The highest BCUT2D eigenvalue weighted by Gasteiger charge is 2.18. The smallest absolute Gasteiger partial charge is 0.137 e. The molecule has 0 radical (unpaired) electrons. The number of Topliss-reactive ketones (excluding diaryl/α,β-unsaturated/α-hetero) is 1. The van der Waals surface area contributed by atoms with Gasteiger partial charge >= 0.3 is 0 Å². The van der Waals surface area contributed by atoms with Gasteiger partial charge in [-0.1, -0.05) is 15.9 Å². The van der Waals surface area contributed by atoms with E-state index in [1.165, 1.54) is 12.1 Å². The first-order chi connectivity index (χ1) is 8.13. The fourth-order valence-corrected chi connectivity index (χ4v) is 2.74. The maximum Gasteiger partial charge on any atom is 0.137 e. The molecule has 1 aliphatic rings. The molecule has 17 heavy (non-hydrogen) atoms. The molecule has 1 heterocycles. The van der Waals surface area contributed by atoms with Crippen molar-refractivity contribution in [3.63, 3.8) is 0 Å². The summed E-state index contributed by atoms with van der Waals surface area (Å²) in [6, 6.07) is 4.62. The van der Waals surface area contributed by atoms with Gasteiger partial charge in [0.2, 0.25) is 0 Å². The van der Waals surface area contributed by atoms with E-state index >= 15 is 0 Å². The zero-order chi connectivity index (χ0) is 12.3. The lowest BCUT2D eigenvalue weighted by Gasteiger charge is -2.07. The molecule has 1 saturated heterocycles. The Morgan fingerprint density at radius 2 is 2.29 bits per heavy atom. The first-order valence-corrected chi connectivity index (χ1v) is 6.60. The number of carbonyl (C=O) groups is 1. The highest BCUT2D eigenvalue weighted by Crippen LogP contribution is 2.18. The maximum atomic E-state index is 13.1. The van der Waals surface area contributed by atoms with Gasteiger partial charge in [-0.3, -0.25) is 4.79 Å². The summed E-state index contributed by atoms with van der Waals surface area (Å²) in [6.07, 6.45) is 1.99. The first-order valence-electron chi connectivity index (χ1n) is 5.81. The molecule has 1 aromatic carbocycles. The van der Waals surface area contributed by atoms with Crippen LogP contribution in [-0.2, 0) is 11.2 Å². The van der Waals surface area contributed by atoms with E-state index in [1.807, 2.05) is 0 Å². The number of benzene rings is 1. The number of carbonyl (C=O) groups excluding carboxylic acids is 1. The summed E-state index contributed by atoms with van der Waals surface area (Å²) < 4.78 is 13.8. The van der Waals surface area contributed by atoms with E-state index in [0.717, 1.165) is 25.1 Å². The lowest BCUT2D eigenvalue weighted by atomic mass is 9.98. The van der Waals surface area contributed by atoms with Gasteiger partial charge in [-0.15, -0.1) is 0 Å². The van der Waals surface area contributed by atoms with Crippen LogP contribution in [0.15, 0.2) is 22.7 Å². The van der Waals surface area contributed by atoms with Gasteiger partial charge in [0.1, 0.15) is 11.6 Å². The molecule has 0 amide bonds. The molecule has 0 aliphatic carbocycles. The summed E-state index contributed by atoms with van der Waals surface area (Å²) in [6.45, 7) is 1.93. The molecule has 1 aromatic rings. The predicted octanol–water partition coefficient (Wildman–Crippen LogP) is 2.70. The lowest BCUT2D eigenvalue weighted by Crippen LogP contribution is -2.14. The van der Waals surface area contributed by atoms with Crippen LogP contribution in [0, 0.1) is 11.7 Å². The Kier molecular flexibility index (Phi) is 4.29. The summed E-state index contributed by atoms with van der Waals surface area (Å²) in [4.78, 5) is 11.8. The Bertz CT molecular complexity index is 396. The van der Waals surface area contributed by atoms with Crippen molar-refractivity contribution in [2.24, 2.45) is 5.92 Å². The van der Waals surface area contributed by atoms with Gasteiger partial charge in [0.25, 0.3) is 0 Å². The fraction of sp³-hybridized carbons (Fsp3) is 0.462. The van der Waals surface area contributed by atoms with Crippen molar-refractivity contribution in [2.75, 3.05) is 13.1 Å². The number of halogens is 2. The first kappa shape index (κ1) is 12.7. The molecule has 0 aromatic heterocycles. The van der Waals surface area contributed by atoms with Crippen LogP contribution in [0.2, 0.25) is 0 Å². The molecule has 1 unspecified atom stereocenters. The topological polar surface area (TPSA) is 29.1 Å². The second-order valence-electron chi connectivity index (χ2n) is 4.56. The van der Waals surface area contributed by atoms with Crippen molar-refractivity contribution in [3.05, 3.63) is 34.1 Å². The van der Waals surface area contributed by atoms with Crippen molar-refractivity contribution in [2.45, 2.75) is 19.3 Å². The van der Waals surface area contributed by atoms with Crippen LogP contribution in [0.25, 0.3) is 0 Å². The van der Waals surface area contributed by atoms with E-state index in [9.17, 15) is 9.18 Å². The third-order valence-electron chi connectivity index (χ3n) is 3.00. The Hall–Kier alpha value is -0.740. The number of ketones is 1. The Labute approximate surface area is 109 Å². The van der Waals surface area contributed by atoms with Gasteiger partial charge in [-0.2, -0.15) is 0 Å². The van der Waals surface area contributed by atoms with Gasteiger partial charge in [-0.05, 0) is 49.2 Å². The molecular weight excluding hydrogens is 285 g/mol. The number of hydrogen-bond acceptors (Lipinski definition) is 2. The fourth-order valence-electron chi connectivity index (χ4n) is 2.22. The number of hydrogen-bond donors (Lipinski definition) is 1. The Morgan fingerprint density at radius 1 is 1.47 bits per heavy atom.